The Morgan fingerprint density at radius 1 is 0.860 bits per heavy atom. The number of amides is 4. The number of methoxy groups -OCH3 is 2. The number of morpholine rings is 1. The topological polar surface area (TPSA) is 178 Å². The quantitative estimate of drug-likeness (QED) is 0.177. The second-order valence-corrected chi connectivity index (χ2v) is 14.6. The number of hydrogen-bond acceptors (Lipinski definition) is 8. The number of fused-ring (bicyclic) bond motifs is 1. The summed E-state index contributed by atoms with van der Waals surface area (Å²) in [7, 11) is -1.21. The Hall–Kier alpha value is -5.18. The van der Waals surface area contributed by atoms with Crippen molar-refractivity contribution in [3.63, 3.8) is 0 Å². The molecule has 50 heavy (non-hydrogen) atoms. The summed E-state index contributed by atoms with van der Waals surface area (Å²) in [5.41, 5.74) is 2.71. The average molecular weight is 704 g/mol. The number of carbonyl (C=O) groups excluding carboxylic acids is 3. The maximum atomic E-state index is 14.1. The maximum Gasteiger partial charge on any atom is 0.411 e. The number of primary sulfonamides is 1. The summed E-state index contributed by atoms with van der Waals surface area (Å²) in [5, 5.41) is 14.9. The van der Waals surface area contributed by atoms with E-state index in [1.807, 2.05) is 51.1 Å². The van der Waals surface area contributed by atoms with Crippen molar-refractivity contribution >= 4 is 55.9 Å². The van der Waals surface area contributed by atoms with Crippen molar-refractivity contribution in [1.29, 1.82) is 0 Å². The molecule has 4 aromatic carbocycles. The number of sulfonamides is 1. The molecule has 4 amide bonds. The number of nitrogens with two attached hydrogens (primary N) is 1. The van der Waals surface area contributed by atoms with Crippen molar-refractivity contribution in [2.75, 3.05) is 49.0 Å². The van der Waals surface area contributed by atoms with Gasteiger partial charge in [0, 0.05) is 17.5 Å². The van der Waals surface area contributed by atoms with Crippen molar-refractivity contribution in [1.82, 2.24) is 4.90 Å². The van der Waals surface area contributed by atoms with Crippen molar-refractivity contribution in [2.45, 2.75) is 38.4 Å². The van der Waals surface area contributed by atoms with E-state index < -0.39 is 40.1 Å². The van der Waals surface area contributed by atoms with E-state index in [0.717, 1.165) is 11.1 Å². The molecule has 1 saturated heterocycles. The number of nitrogens with zero attached hydrogens (tertiary/aromatic N) is 1. The van der Waals surface area contributed by atoms with Crippen molar-refractivity contribution in [3.8, 4) is 5.75 Å². The first-order valence-electron chi connectivity index (χ1n) is 15.8. The van der Waals surface area contributed by atoms with Gasteiger partial charge in [0.2, 0.25) is 10.0 Å². The van der Waals surface area contributed by atoms with E-state index in [1.165, 1.54) is 14.2 Å². The molecular weight excluding hydrogens is 662 g/mol. The molecule has 5 rings (SSSR count). The van der Waals surface area contributed by atoms with Crippen LogP contribution in [0.3, 0.4) is 0 Å². The molecule has 5 N–H and O–H groups in total. The summed E-state index contributed by atoms with van der Waals surface area (Å²) in [6.45, 7) is 6.21. The highest BCUT2D eigenvalue weighted by atomic mass is 32.2. The third-order valence-electron chi connectivity index (χ3n) is 8.28. The average Bonchev–Trinajstić information content (AvgIpc) is 3.07. The molecule has 14 heteroatoms. The minimum Gasteiger partial charge on any atom is -0.492 e. The molecule has 0 radical (unpaired) electrons. The Balaban J connectivity index is 1.44. The molecule has 0 spiro atoms. The zero-order valence-electron chi connectivity index (χ0n) is 28.5. The fraction of sp³-hybridized carbons (Fsp3) is 0.306. The van der Waals surface area contributed by atoms with Gasteiger partial charge in [0.1, 0.15) is 6.10 Å². The molecule has 264 valence electrons. The molecule has 1 fully saturated rings. The molecule has 1 aliphatic heterocycles. The second-order valence-electron chi connectivity index (χ2n) is 13.0. The lowest BCUT2D eigenvalue weighted by molar-refractivity contribution is -0.0676. The first-order valence-corrected chi connectivity index (χ1v) is 17.6. The van der Waals surface area contributed by atoms with Crippen molar-refractivity contribution in [2.24, 2.45) is 5.14 Å². The maximum absolute atomic E-state index is 14.1. The van der Waals surface area contributed by atoms with Gasteiger partial charge in [0.05, 0.1) is 49.7 Å². The molecule has 0 aromatic heterocycles. The Kier molecular flexibility index (Phi) is 10.6. The van der Waals surface area contributed by atoms with E-state index in [-0.39, 0.29) is 30.2 Å². The largest absolute Gasteiger partial charge is 0.492 e. The molecule has 1 aliphatic rings. The summed E-state index contributed by atoms with van der Waals surface area (Å²) >= 11 is 0. The Labute approximate surface area is 291 Å². The second kappa shape index (κ2) is 14.7. The van der Waals surface area contributed by atoms with E-state index in [1.54, 1.807) is 53.4 Å². The van der Waals surface area contributed by atoms with Crippen LogP contribution in [0.1, 0.15) is 48.4 Å². The third kappa shape index (κ3) is 8.51. The Bertz CT molecular complexity index is 2010. The lowest BCUT2D eigenvalue weighted by Crippen LogP contribution is -2.49. The minimum absolute atomic E-state index is 0.0254. The zero-order valence-corrected chi connectivity index (χ0v) is 29.3. The number of urea groups is 1. The predicted octanol–water partition coefficient (Wildman–Crippen LogP) is 5.84. The fourth-order valence-corrected chi connectivity index (χ4v) is 6.58. The summed E-state index contributed by atoms with van der Waals surface area (Å²) in [6.07, 6.45) is -2.09. The Morgan fingerprint density at radius 3 is 2.10 bits per heavy atom. The molecule has 0 saturated carbocycles. The van der Waals surface area contributed by atoms with Gasteiger partial charge in [-0.25, -0.2) is 23.1 Å². The number of rotatable bonds is 8. The molecule has 2 atom stereocenters. The highest BCUT2D eigenvalue weighted by molar-refractivity contribution is 7.89. The SMILES string of the molecule is COC(=O)Nc1cc(C(C)(C)C)cc(NC(=O)Nc2ccc(C(=O)N3CC(CS(N)(=O)=O)OC(c4ccccc4)C3)c3ccccc23)c1OC. The van der Waals surface area contributed by atoms with Crippen LogP contribution in [0.5, 0.6) is 5.75 Å². The van der Waals surface area contributed by atoms with Gasteiger partial charge in [-0.1, -0.05) is 75.4 Å². The minimum atomic E-state index is -3.88. The van der Waals surface area contributed by atoms with E-state index in [4.69, 9.17) is 19.3 Å². The van der Waals surface area contributed by atoms with E-state index in [2.05, 4.69) is 16.0 Å². The van der Waals surface area contributed by atoms with Crippen LogP contribution in [0.2, 0.25) is 0 Å². The molecule has 1 heterocycles. The van der Waals surface area contributed by atoms with E-state index >= 15 is 0 Å². The number of hydrogen-bond donors (Lipinski definition) is 4. The number of anilines is 3. The smallest absolute Gasteiger partial charge is 0.411 e. The molecular formula is C36H41N5O8S. The zero-order chi connectivity index (χ0) is 36.2. The summed E-state index contributed by atoms with van der Waals surface area (Å²) in [4.78, 5) is 41.3. The van der Waals surface area contributed by atoms with Gasteiger partial charge >= 0.3 is 12.1 Å². The van der Waals surface area contributed by atoms with Crippen LogP contribution in [0.4, 0.5) is 26.7 Å². The van der Waals surface area contributed by atoms with Gasteiger partial charge < -0.3 is 29.7 Å². The van der Waals surface area contributed by atoms with Gasteiger partial charge in [0.25, 0.3) is 5.91 Å². The first kappa shape index (κ1) is 36.1. The van der Waals surface area contributed by atoms with Crippen LogP contribution < -0.4 is 25.8 Å². The molecule has 4 aromatic rings. The molecule has 0 aliphatic carbocycles. The summed E-state index contributed by atoms with van der Waals surface area (Å²) in [6, 6.07) is 22.6. The predicted molar refractivity (Wildman–Crippen MR) is 192 cm³/mol. The normalized spacial score (nSPS) is 16.4. The van der Waals surface area contributed by atoms with Gasteiger partial charge in [0.15, 0.2) is 5.75 Å². The summed E-state index contributed by atoms with van der Waals surface area (Å²) < 4.78 is 40.4. The van der Waals surface area contributed by atoms with Crippen LogP contribution in [-0.4, -0.2) is 70.5 Å². The van der Waals surface area contributed by atoms with Crippen LogP contribution in [0.25, 0.3) is 10.8 Å². The number of nitrogens with one attached hydrogen (secondary N) is 3. The van der Waals surface area contributed by atoms with Crippen LogP contribution in [0.15, 0.2) is 78.9 Å². The summed E-state index contributed by atoms with van der Waals surface area (Å²) in [5.74, 6) is -0.540. The number of benzene rings is 4. The number of carbonyl (C=O) groups is 3. The molecule has 13 nitrogen and oxygen atoms in total. The standard InChI is InChI=1S/C36H41N5O8S/c1-36(2,3)23-17-29(32(47-4)30(18-23)40-35(44)48-5)39-34(43)38-28-16-15-27(25-13-9-10-14-26(25)28)33(42)41-19-24(21-50(37,45)46)49-31(20-41)22-11-7-6-8-12-22/h6-18,24,31H,19-21H2,1-5H3,(H,40,44)(H2,37,45,46)(H2,38,39,43). The molecule has 2 unspecified atom stereocenters. The number of ether oxygens (including phenoxy) is 3. The molecule has 0 bridgehead atoms. The fourth-order valence-electron chi connectivity index (χ4n) is 5.88. The van der Waals surface area contributed by atoms with E-state index in [9.17, 15) is 22.8 Å². The van der Waals surface area contributed by atoms with Crippen molar-refractivity contribution < 1.29 is 37.0 Å². The lowest BCUT2D eigenvalue weighted by atomic mass is 9.86. The van der Waals surface area contributed by atoms with Gasteiger partial charge in [-0.2, -0.15) is 0 Å². The lowest BCUT2D eigenvalue weighted by Gasteiger charge is -2.38. The van der Waals surface area contributed by atoms with Crippen molar-refractivity contribution in [3.05, 3.63) is 95.6 Å². The monoisotopic (exact) mass is 703 g/mol. The van der Waals surface area contributed by atoms with Crippen LogP contribution in [0, 0.1) is 0 Å². The van der Waals surface area contributed by atoms with Gasteiger partial charge in [-0.15, -0.1) is 0 Å². The first-order chi connectivity index (χ1) is 23.7. The van der Waals surface area contributed by atoms with Gasteiger partial charge in [-0.05, 0) is 46.2 Å². The third-order valence-corrected chi connectivity index (χ3v) is 9.11. The van der Waals surface area contributed by atoms with Gasteiger partial charge in [-0.3, -0.25) is 10.1 Å². The van der Waals surface area contributed by atoms with Crippen LogP contribution in [-0.2, 0) is 24.9 Å². The highest BCUT2D eigenvalue weighted by Crippen LogP contribution is 2.39. The van der Waals surface area contributed by atoms with Crippen LogP contribution >= 0.6 is 0 Å². The van der Waals surface area contributed by atoms with E-state index in [0.29, 0.717) is 33.4 Å². The highest BCUT2D eigenvalue weighted by Gasteiger charge is 2.34. The Morgan fingerprint density at radius 2 is 1.48 bits per heavy atom.